The second-order valence-electron chi connectivity index (χ2n) is 11.0. The fourth-order valence-electron chi connectivity index (χ4n) is 6.53. The molecule has 7 rings (SSSR count). The quantitative estimate of drug-likeness (QED) is 0.427. The van der Waals surface area contributed by atoms with E-state index in [9.17, 15) is 17.6 Å². The first-order valence-electron chi connectivity index (χ1n) is 12.5. The first-order valence-corrected chi connectivity index (χ1v) is 12.9. The zero-order valence-corrected chi connectivity index (χ0v) is 20.9. The lowest BCUT2D eigenvalue weighted by Crippen LogP contribution is -2.62. The molecule has 1 spiro atoms. The Kier molecular flexibility index (Phi) is 4.96. The van der Waals surface area contributed by atoms with Crippen molar-refractivity contribution < 1.29 is 17.6 Å². The summed E-state index contributed by atoms with van der Waals surface area (Å²) in [7, 11) is 0. The molecule has 2 aliphatic heterocycles. The van der Waals surface area contributed by atoms with Crippen LogP contribution in [0.5, 0.6) is 0 Å². The highest BCUT2D eigenvalue weighted by molar-refractivity contribution is 6.30. The van der Waals surface area contributed by atoms with Crippen LogP contribution < -0.4 is 4.90 Å². The summed E-state index contributed by atoms with van der Waals surface area (Å²) < 4.78 is 57.7. The zero-order valence-electron chi connectivity index (χ0n) is 20.1. The maximum absolute atomic E-state index is 14.0. The van der Waals surface area contributed by atoms with Gasteiger partial charge in [-0.15, -0.1) is 10.2 Å². The Morgan fingerprint density at radius 1 is 1.05 bits per heavy atom. The molecule has 4 heterocycles. The Morgan fingerprint density at radius 3 is 2.50 bits per heavy atom. The van der Waals surface area contributed by atoms with Gasteiger partial charge in [0.05, 0.1) is 12.2 Å². The van der Waals surface area contributed by atoms with E-state index in [0.29, 0.717) is 16.7 Å². The second kappa shape index (κ2) is 7.90. The van der Waals surface area contributed by atoms with Gasteiger partial charge in [-0.1, -0.05) is 11.6 Å². The molecule has 0 N–H and O–H groups in total. The lowest BCUT2D eigenvalue weighted by molar-refractivity contribution is -0.200. The maximum atomic E-state index is 14.0. The average molecular weight is 544 g/mol. The van der Waals surface area contributed by atoms with Crippen molar-refractivity contribution in [3.63, 3.8) is 0 Å². The number of benzene rings is 1. The van der Waals surface area contributed by atoms with Crippen molar-refractivity contribution in [2.75, 3.05) is 18.0 Å². The predicted molar refractivity (Wildman–Crippen MR) is 129 cm³/mol. The summed E-state index contributed by atoms with van der Waals surface area (Å²) in [5, 5.41) is 18.4. The Labute approximate surface area is 220 Å². The summed E-state index contributed by atoms with van der Waals surface area (Å²) in [5.41, 5.74) is -0.474. The number of pyridine rings is 1. The van der Waals surface area contributed by atoms with Gasteiger partial charge in [0.25, 0.3) is 0 Å². The van der Waals surface area contributed by atoms with E-state index in [4.69, 9.17) is 16.9 Å². The number of nitrogens with zero attached hydrogens (tertiary/aromatic N) is 7. The summed E-state index contributed by atoms with van der Waals surface area (Å²) in [6, 6.07) is 9.96. The smallest absolute Gasteiger partial charge is 0.355 e. The van der Waals surface area contributed by atoms with E-state index in [1.807, 2.05) is 15.5 Å². The number of hydrogen-bond acceptors (Lipinski definition) is 6. The molecule has 1 saturated heterocycles. The van der Waals surface area contributed by atoms with Gasteiger partial charge in [0.2, 0.25) is 0 Å². The molecule has 2 saturated carbocycles. The summed E-state index contributed by atoms with van der Waals surface area (Å²) >= 11 is 6.27. The van der Waals surface area contributed by atoms with E-state index in [2.05, 4.69) is 15.2 Å². The number of anilines is 1. The third-order valence-corrected chi connectivity index (χ3v) is 8.86. The van der Waals surface area contributed by atoms with Gasteiger partial charge in [-0.2, -0.15) is 18.4 Å². The normalized spacial score (nSPS) is 21.6. The molecule has 0 amide bonds. The van der Waals surface area contributed by atoms with Crippen LogP contribution in [0.15, 0.2) is 30.3 Å². The minimum atomic E-state index is -4.33. The first-order chi connectivity index (χ1) is 18.1. The standard InChI is InChI=1S/C26H22ClF4N7/c27-17-1-3-20-15(7-17)11-37(25(5-6-25)26(29,30)31)12-22-34-35-23(38(20)22)16-8-24(9-16)13-36(14-24)21-4-2-18(28)19(10-32)33-21/h1-4,7,16H,5-6,8-9,11-14H2. The van der Waals surface area contributed by atoms with E-state index in [-0.39, 0.29) is 43.0 Å². The Hall–Kier alpha value is -3.23. The van der Waals surface area contributed by atoms with E-state index < -0.39 is 17.5 Å². The highest BCUT2D eigenvalue weighted by atomic mass is 35.5. The minimum Gasteiger partial charge on any atom is -0.355 e. The first kappa shape index (κ1) is 23.9. The molecule has 3 aromatic rings. The monoisotopic (exact) mass is 543 g/mol. The molecule has 0 unspecified atom stereocenters. The van der Waals surface area contributed by atoms with Crippen molar-refractivity contribution in [1.29, 1.82) is 5.26 Å². The molecule has 2 aliphatic carbocycles. The van der Waals surface area contributed by atoms with Gasteiger partial charge >= 0.3 is 6.18 Å². The summed E-state index contributed by atoms with van der Waals surface area (Å²) in [5.74, 6) is 1.33. The molecule has 196 valence electrons. The highest BCUT2D eigenvalue weighted by Crippen LogP contribution is 2.58. The van der Waals surface area contributed by atoms with E-state index in [1.165, 1.54) is 11.0 Å². The van der Waals surface area contributed by atoms with Crippen LogP contribution >= 0.6 is 11.6 Å². The number of rotatable bonds is 3. The Balaban J connectivity index is 1.15. The van der Waals surface area contributed by atoms with Crippen LogP contribution in [0.1, 0.15) is 54.5 Å². The summed E-state index contributed by atoms with van der Waals surface area (Å²) in [6.07, 6.45) is -2.46. The van der Waals surface area contributed by atoms with Crippen molar-refractivity contribution in [3.8, 4) is 11.8 Å². The van der Waals surface area contributed by atoms with Gasteiger partial charge in [0, 0.05) is 36.0 Å². The van der Waals surface area contributed by atoms with Crippen LogP contribution in [0, 0.1) is 22.6 Å². The van der Waals surface area contributed by atoms with Crippen molar-refractivity contribution in [2.45, 2.75) is 56.4 Å². The van der Waals surface area contributed by atoms with Gasteiger partial charge in [0.1, 0.15) is 23.3 Å². The largest absolute Gasteiger partial charge is 0.406 e. The van der Waals surface area contributed by atoms with Gasteiger partial charge in [0.15, 0.2) is 17.3 Å². The molecule has 0 atom stereocenters. The van der Waals surface area contributed by atoms with Gasteiger partial charge < -0.3 is 4.90 Å². The topological polar surface area (TPSA) is 73.9 Å². The molecule has 4 aliphatic rings. The minimum absolute atomic E-state index is 0.0575. The van der Waals surface area contributed by atoms with Crippen LogP contribution in [0.3, 0.4) is 0 Å². The number of nitriles is 1. The Morgan fingerprint density at radius 2 is 1.82 bits per heavy atom. The fourth-order valence-corrected chi connectivity index (χ4v) is 6.72. The molecular formula is C26H22ClF4N7. The lowest BCUT2D eigenvalue weighted by atomic mass is 9.57. The van der Waals surface area contributed by atoms with Crippen molar-refractivity contribution >= 4 is 17.4 Å². The number of hydrogen-bond donors (Lipinski definition) is 0. The van der Waals surface area contributed by atoms with Crippen LogP contribution in [-0.4, -0.2) is 49.5 Å². The fraction of sp³-hybridized carbons (Fsp3) is 0.462. The molecule has 0 bridgehead atoms. The van der Waals surface area contributed by atoms with E-state index >= 15 is 0 Å². The predicted octanol–water partition coefficient (Wildman–Crippen LogP) is 5.12. The molecule has 38 heavy (non-hydrogen) atoms. The number of alkyl halides is 3. The molecule has 0 radical (unpaired) electrons. The van der Waals surface area contributed by atoms with Crippen molar-refractivity contribution in [3.05, 3.63) is 64.1 Å². The number of fused-ring (bicyclic) bond motifs is 3. The molecule has 3 fully saturated rings. The Bertz CT molecular complexity index is 1490. The van der Waals surface area contributed by atoms with Gasteiger partial charge in [-0.25, -0.2) is 9.37 Å². The molecular weight excluding hydrogens is 522 g/mol. The third-order valence-electron chi connectivity index (χ3n) is 8.63. The van der Waals surface area contributed by atoms with Crippen molar-refractivity contribution in [2.24, 2.45) is 5.41 Å². The number of halogens is 5. The van der Waals surface area contributed by atoms with Crippen molar-refractivity contribution in [1.82, 2.24) is 24.6 Å². The molecule has 12 heteroatoms. The average Bonchev–Trinajstić information content (AvgIpc) is 3.57. The molecule has 1 aromatic carbocycles. The summed E-state index contributed by atoms with van der Waals surface area (Å²) in [6.45, 7) is 1.67. The zero-order chi connectivity index (χ0) is 26.4. The third kappa shape index (κ3) is 3.46. The second-order valence-corrected chi connectivity index (χ2v) is 11.5. The highest BCUT2D eigenvalue weighted by Gasteiger charge is 2.67. The van der Waals surface area contributed by atoms with Crippen LogP contribution in [0.25, 0.3) is 5.69 Å². The van der Waals surface area contributed by atoms with Gasteiger partial charge in [-0.3, -0.25) is 9.47 Å². The van der Waals surface area contributed by atoms with Crippen LogP contribution in [-0.2, 0) is 13.1 Å². The van der Waals surface area contributed by atoms with E-state index in [0.717, 1.165) is 43.0 Å². The van der Waals surface area contributed by atoms with Gasteiger partial charge in [-0.05, 0) is 61.6 Å². The summed E-state index contributed by atoms with van der Waals surface area (Å²) in [4.78, 5) is 7.64. The van der Waals surface area contributed by atoms with Crippen LogP contribution in [0.4, 0.5) is 23.4 Å². The lowest BCUT2D eigenvalue weighted by Gasteiger charge is -2.59. The van der Waals surface area contributed by atoms with E-state index in [1.54, 1.807) is 24.3 Å². The van der Waals surface area contributed by atoms with Crippen LogP contribution in [0.2, 0.25) is 5.02 Å². The molecule has 2 aromatic heterocycles. The molecule has 7 nitrogen and oxygen atoms in total. The number of aromatic nitrogens is 4. The SMILES string of the molecule is N#Cc1nc(N2CC3(CC(c4nnc5n4-c4ccc(Cl)cc4CN(C4(C(F)(F)F)CC4)C5)C3)C2)ccc1F. The maximum Gasteiger partial charge on any atom is 0.406 e.